The molecular weight excluding hydrogens is 244 g/mol. The number of hydrogen-bond donors (Lipinski definition) is 2. The zero-order valence-electron chi connectivity index (χ0n) is 11.1. The largest absolute Gasteiger partial charge is 0.486 e. The smallest absolute Gasteiger partial charge is 0.161 e. The zero-order valence-corrected chi connectivity index (χ0v) is 11.1. The van der Waals surface area contributed by atoms with Gasteiger partial charge in [-0.2, -0.15) is 0 Å². The molecule has 0 bridgehead atoms. The zero-order chi connectivity index (χ0) is 13.2. The third-order valence-electron chi connectivity index (χ3n) is 3.79. The Morgan fingerprint density at radius 2 is 2.00 bits per heavy atom. The van der Waals surface area contributed by atoms with Gasteiger partial charge in [-0.25, -0.2) is 0 Å². The fraction of sp³-hybridized carbons (Fsp3) is 0.571. The molecule has 1 aromatic rings. The standard InChI is InChI=1S/C14H20N2O3/c1-17-14(9-2-3-9)13(16-15)10-4-5-11-12(8-10)19-7-6-18-11/h4-5,8-9,13-14,16H,2-3,6-7,15H2,1H3. The SMILES string of the molecule is COC(C1CC1)C(NN)c1ccc2c(c1)OCCO2. The van der Waals surface area contributed by atoms with Crippen molar-refractivity contribution in [3.8, 4) is 11.5 Å². The van der Waals surface area contributed by atoms with E-state index in [1.54, 1.807) is 7.11 Å². The van der Waals surface area contributed by atoms with Gasteiger partial charge in [-0.1, -0.05) is 6.07 Å². The van der Waals surface area contributed by atoms with Crippen molar-refractivity contribution in [2.75, 3.05) is 20.3 Å². The average Bonchev–Trinajstić information content (AvgIpc) is 3.28. The molecule has 1 fully saturated rings. The van der Waals surface area contributed by atoms with E-state index in [4.69, 9.17) is 20.1 Å². The molecule has 2 atom stereocenters. The molecule has 0 aromatic heterocycles. The number of rotatable bonds is 5. The van der Waals surface area contributed by atoms with Crippen LogP contribution < -0.4 is 20.7 Å². The van der Waals surface area contributed by atoms with E-state index in [1.807, 2.05) is 18.2 Å². The lowest BCUT2D eigenvalue weighted by atomic mass is 9.98. The van der Waals surface area contributed by atoms with Crippen LogP contribution in [0, 0.1) is 5.92 Å². The Balaban J connectivity index is 1.86. The van der Waals surface area contributed by atoms with Crippen LogP contribution in [0.4, 0.5) is 0 Å². The van der Waals surface area contributed by atoms with Crippen LogP contribution in [0.2, 0.25) is 0 Å². The molecule has 5 nitrogen and oxygen atoms in total. The Morgan fingerprint density at radius 3 is 2.63 bits per heavy atom. The third-order valence-corrected chi connectivity index (χ3v) is 3.79. The van der Waals surface area contributed by atoms with Crippen molar-refractivity contribution in [1.29, 1.82) is 0 Å². The van der Waals surface area contributed by atoms with E-state index in [0.29, 0.717) is 19.1 Å². The quantitative estimate of drug-likeness (QED) is 0.621. The number of benzene rings is 1. The number of nitrogens with two attached hydrogens (primary N) is 1. The first kappa shape index (κ1) is 12.7. The Kier molecular flexibility index (Phi) is 3.59. The molecule has 3 rings (SSSR count). The Hall–Kier alpha value is -1.30. The van der Waals surface area contributed by atoms with Gasteiger partial charge in [0.25, 0.3) is 0 Å². The lowest BCUT2D eigenvalue weighted by Gasteiger charge is -2.27. The number of hydrazine groups is 1. The Bertz CT molecular complexity index is 448. The van der Waals surface area contributed by atoms with E-state index < -0.39 is 0 Å². The molecule has 0 spiro atoms. The molecule has 104 valence electrons. The highest BCUT2D eigenvalue weighted by Gasteiger charge is 2.37. The van der Waals surface area contributed by atoms with Gasteiger partial charge >= 0.3 is 0 Å². The molecule has 5 heteroatoms. The minimum absolute atomic E-state index is 0.0201. The summed E-state index contributed by atoms with van der Waals surface area (Å²) in [6.45, 7) is 1.20. The summed E-state index contributed by atoms with van der Waals surface area (Å²) in [5, 5.41) is 0. The van der Waals surface area contributed by atoms with Crippen LogP contribution in [-0.2, 0) is 4.74 Å². The first-order valence-corrected chi connectivity index (χ1v) is 6.72. The van der Waals surface area contributed by atoms with Crippen LogP contribution in [0.3, 0.4) is 0 Å². The van der Waals surface area contributed by atoms with E-state index >= 15 is 0 Å². The first-order valence-electron chi connectivity index (χ1n) is 6.72. The molecule has 1 saturated carbocycles. The minimum atomic E-state index is -0.0201. The fourth-order valence-corrected chi connectivity index (χ4v) is 2.66. The number of fused-ring (bicyclic) bond motifs is 1. The lowest BCUT2D eigenvalue weighted by molar-refractivity contribution is 0.0505. The van der Waals surface area contributed by atoms with Gasteiger partial charge in [-0.05, 0) is 36.5 Å². The summed E-state index contributed by atoms with van der Waals surface area (Å²) in [6.07, 6.45) is 2.52. The van der Waals surface area contributed by atoms with E-state index in [9.17, 15) is 0 Å². The number of methoxy groups -OCH3 is 1. The summed E-state index contributed by atoms with van der Waals surface area (Å²) in [5.41, 5.74) is 3.95. The van der Waals surface area contributed by atoms with Crippen molar-refractivity contribution in [3.63, 3.8) is 0 Å². The highest BCUT2D eigenvalue weighted by atomic mass is 16.6. The van der Waals surface area contributed by atoms with Gasteiger partial charge in [-0.15, -0.1) is 0 Å². The monoisotopic (exact) mass is 264 g/mol. The van der Waals surface area contributed by atoms with Gasteiger partial charge in [0, 0.05) is 7.11 Å². The maximum Gasteiger partial charge on any atom is 0.161 e. The van der Waals surface area contributed by atoms with Crippen LogP contribution in [0.25, 0.3) is 0 Å². The lowest BCUT2D eigenvalue weighted by Crippen LogP contribution is -2.38. The van der Waals surface area contributed by atoms with Crippen LogP contribution in [0.1, 0.15) is 24.4 Å². The summed E-state index contributed by atoms with van der Waals surface area (Å²) in [7, 11) is 1.74. The van der Waals surface area contributed by atoms with Gasteiger partial charge in [0.05, 0.1) is 12.1 Å². The van der Waals surface area contributed by atoms with Crippen LogP contribution in [-0.4, -0.2) is 26.4 Å². The number of ether oxygens (including phenoxy) is 3. The second-order valence-electron chi connectivity index (χ2n) is 5.09. The van der Waals surface area contributed by atoms with Crippen LogP contribution in [0.15, 0.2) is 18.2 Å². The van der Waals surface area contributed by atoms with E-state index in [1.165, 1.54) is 12.8 Å². The second kappa shape index (κ2) is 5.36. The Labute approximate surface area is 113 Å². The fourth-order valence-electron chi connectivity index (χ4n) is 2.66. The molecule has 0 radical (unpaired) electrons. The molecular formula is C14H20N2O3. The molecule has 1 aromatic carbocycles. The van der Waals surface area contributed by atoms with Crippen molar-refractivity contribution in [1.82, 2.24) is 5.43 Å². The topological polar surface area (TPSA) is 65.7 Å². The summed E-state index contributed by atoms with van der Waals surface area (Å²) in [6, 6.07) is 5.93. The molecule has 1 heterocycles. The molecule has 3 N–H and O–H groups in total. The Morgan fingerprint density at radius 1 is 1.26 bits per heavy atom. The summed E-state index contributed by atoms with van der Waals surface area (Å²) in [4.78, 5) is 0. The van der Waals surface area contributed by atoms with Crippen molar-refractivity contribution in [2.45, 2.75) is 25.0 Å². The van der Waals surface area contributed by atoms with Gasteiger partial charge in [-0.3, -0.25) is 11.3 Å². The molecule has 0 saturated heterocycles. The second-order valence-corrected chi connectivity index (χ2v) is 5.09. The van der Waals surface area contributed by atoms with Gasteiger partial charge in [0.2, 0.25) is 0 Å². The summed E-state index contributed by atoms with van der Waals surface area (Å²) >= 11 is 0. The molecule has 19 heavy (non-hydrogen) atoms. The molecule has 0 amide bonds. The molecule has 2 aliphatic rings. The number of hydrogen-bond acceptors (Lipinski definition) is 5. The third kappa shape index (κ3) is 2.54. The summed E-state index contributed by atoms with van der Waals surface area (Å²) < 4.78 is 16.8. The highest BCUT2D eigenvalue weighted by Crippen LogP contribution is 2.41. The van der Waals surface area contributed by atoms with Crippen molar-refractivity contribution in [3.05, 3.63) is 23.8 Å². The first-order chi connectivity index (χ1) is 9.33. The van der Waals surface area contributed by atoms with Crippen molar-refractivity contribution < 1.29 is 14.2 Å². The molecule has 1 aliphatic heterocycles. The van der Waals surface area contributed by atoms with Crippen molar-refractivity contribution in [2.24, 2.45) is 11.8 Å². The van der Waals surface area contributed by atoms with Gasteiger partial charge in [0.15, 0.2) is 11.5 Å². The van der Waals surface area contributed by atoms with Crippen molar-refractivity contribution >= 4 is 0 Å². The number of nitrogens with one attached hydrogen (secondary N) is 1. The molecule has 1 aliphatic carbocycles. The van der Waals surface area contributed by atoms with Crippen LogP contribution >= 0.6 is 0 Å². The predicted molar refractivity (Wildman–Crippen MR) is 71.0 cm³/mol. The average molecular weight is 264 g/mol. The maximum atomic E-state index is 5.72. The normalized spacial score (nSPS) is 20.9. The maximum absolute atomic E-state index is 5.72. The summed E-state index contributed by atoms with van der Waals surface area (Å²) in [5.74, 6) is 7.90. The van der Waals surface area contributed by atoms with Crippen LogP contribution in [0.5, 0.6) is 11.5 Å². The minimum Gasteiger partial charge on any atom is -0.486 e. The predicted octanol–water partition coefficient (Wildman–Crippen LogP) is 1.39. The van der Waals surface area contributed by atoms with E-state index in [2.05, 4.69) is 5.43 Å². The van der Waals surface area contributed by atoms with Gasteiger partial charge < -0.3 is 14.2 Å². The van der Waals surface area contributed by atoms with E-state index in [-0.39, 0.29) is 12.1 Å². The van der Waals surface area contributed by atoms with E-state index in [0.717, 1.165) is 17.1 Å². The molecule has 2 unspecified atom stereocenters. The van der Waals surface area contributed by atoms with Gasteiger partial charge in [0.1, 0.15) is 13.2 Å². The highest BCUT2D eigenvalue weighted by molar-refractivity contribution is 5.45.